The van der Waals surface area contributed by atoms with Crippen molar-refractivity contribution in [1.29, 1.82) is 0 Å². The van der Waals surface area contributed by atoms with Crippen molar-refractivity contribution in [3.63, 3.8) is 0 Å². The third kappa shape index (κ3) is 3.87. The summed E-state index contributed by atoms with van der Waals surface area (Å²) in [5.74, 6) is -3.29. The third-order valence-electron chi connectivity index (χ3n) is 6.02. The van der Waals surface area contributed by atoms with Gasteiger partial charge in [0.25, 0.3) is 0 Å². The lowest BCUT2D eigenvalue weighted by molar-refractivity contribution is -0.163. The van der Waals surface area contributed by atoms with Gasteiger partial charge in [-0.15, -0.1) is 0 Å². The van der Waals surface area contributed by atoms with Gasteiger partial charge in [0.05, 0.1) is 18.8 Å². The van der Waals surface area contributed by atoms with Gasteiger partial charge in [0.15, 0.2) is 22.3 Å². The maximum Gasteiger partial charge on any atom is 0.316 e. The molecule has 7 nitrogen and oxygen atoms in total. The van der Waals surface area contributed by atoms with Gasteiger partial charge in [-0.1, -0.05) is 19.9 Å². The minimum Gasteiger partial charge on any atom is -0.486 e. The van der Waals surface area contributed by atoms with Crippen LogP contribution in [0.3, 0.4) is 0 Å². The molecule has 1 saturated heterocycles. The number of halogens is 2. The summed E-state index contributed by atoms with van der Waals surface area (Å²) in [6.45, 7) is 4.21. The van der Waals surface area contributed by atoms with Gasteiger partial charge in [0.1, 0.15) is 30.8 Å². The molecular formula is C23H24F2N2O5S. The normalized spacial score (nSPS) is 24.5. The first-order chi connectivity index (χ1) is 15.7. The number of nitrogens with one attached hydrogen (secondary N) is 1. The van der Waals surface area contributed by atoms with Crippen LogP contribution in [0.2, 0.25) is 0 Å². The number of nitrogens with zero attached hydrogens (tertiary/aromatic N) is 1. The summed E-state index contributed by atoms with van der Waals surface area (Å²) in [6.07, 6.45) is 0. The van der Waals surface area contributed by atoms with Crippen LogP contribution in [0.25, 0.3) is 0 Å². The summed E-state index contributed by atoms with van der Waals surface area (Å²) in [4.78, 5) is 14.4. The number of methoxy groups -OCH3 is 1. The lowest BCUT2D eigenvalue weighted by Gasteiger charge is -2.53. The van der Waals surface area contributed by atoms with E-state index in [9.17, 15) is 18.7 Å². The zero-order valence-corrected chi connectivity index (χ0v) is 19.1. The zero-order chi connectivity index (χ0) is 23.9. The van der Waals surface area contributed by atoms with Crippen LogP contribution in [0.1, 0.15) is 25.5 Å². The number of anilines is 1. The third-order valence-corrected chi connectivity index (χ3v) is 6.32. The van der Waals surface area contributed by atoms with Crippen LogP contribution >= 0.6 is 12.2 Å². The number of esters is 1. The number of aliphatic hydroxyl groups is 1. The average Bonchev–Trinajstić information content (AvgIpc) is 2.78. The summed E-state index contributed by atoms with van der Waals surface area (Å²) < 4.78 is 44.6. The number of fused-ring (bicyclic) bond motifs is 1. The van der Waals surface area contributed by atoms with Crippen LogP contribution in [0, 0.1) is 23.5 Å². The van der Waals surface area contributed by atoms with Gasteiger partial charge in [-0.2, -0.15) is 0 Å². The fraction of sp³-hybridized carbons (Fsp3) is 0.391. The number of thiocarbonyl (C=S) groups is 1. The molecule has 176 valence electrons. The molecule has 0 spiro atoms. The second-order valence-corrected chi connectivity index (χ2v) is 8.58. The number of benzene rings is 2. The van der Waals surface area contributed by atoms with Gasteiger partial charge in [0.2, 0.25) is 0 Å². The lowest BCUT2D eigenvalue weighted by Crippen LogP contribution is -2.71. The molecule has 10 heteroatoms. The molecule has 0 bridgehead atoms. The van der Waals surface area contributed by atoms with E-state index < -0.39 is 41.2 Å². The first-order valence-electron chi connectivity index (χ1n) is 10.4. The first-order valence-corrected chi connectivity index (χ1v) is 10.8. The van der Waals surface area contributed by atoms with E-state index in [1.54, 1.807) is 32.0 Å². The van der Waals surface area contributed by atoms with Crippen molar-refractivity contribution in [2.24, 2.45) is 11.8 Å². The smallest absolute Gasteiger partial charge is 0.316 e. The van der Waals surface area contributed by atoms with Gasteiger partial charge in [-0.25, -0.2) is 8.78 Å². The molecular weight excluding hydrogens is 454 g/mol. The van der Waals surface area contributed by atoms with Crippen molar-refractivity contribution in [2.45, 2.75) is 25.6 Å². The molecule has 2 heterocycles. The van der Waals surface area contributed by atoms with Crippen molar-refractivity contribution in [2.75, 3.05) is 25.2 Å². The second kappa shape index (κ2) is 8.75. The summed E-state index contributed by atoms with van der Waals surface area (Å²) in [6, 6.07) is 6.94. The summed E-state index contributed by atoms with van der Waals surface area (Å²) >= 11 is 5.59. The molecule has 0 aromatic heterocycles. The number of hydrogen-bond acceptors (Lipinski definition) is 6. The van der Waals surface area contributed by atoms with Crippen LogP contribution in [-0.4, -0.2) is 42.2 Å². The van der Waals surface area contributed by atoms with E-state index in [1.807, 2.05) is 0 Å². The fourth-order valence-electron chi connectivity index (χ4n) is 4.39. The average molecular weight is 479 g/mol. The highest BCUT2D eigenvalue weighted by Crippen LogP contribution is 2.46. The number of carbonyl (C=O) groups excluding carboxylic acids is 1. The number of rotatable bonds is 4. The van der Waals surface area contributed by atoms with Gasteiger partial charge < -0.3 is 24.6 Å². The Morgan fingerprint density at radius 2 is 1.91 bits per heavy atom. The lowest BCUT2D eigenvalue weighted by atomic mass is 9.75. The maximum absolute atomic E-state index is 14.8. The Labute approximate surface area is 195 Å². The molecule has 0 unspecified atom stereocenters. The molecule has 2 aliphatic heterocycles. The van der Waals surface area contributed by atoms with E-state index in [0.29, 0.717) is 30.4 Å². The highest BCUT2D eigenvalue weighted by Gasteiger charge is 2.58. The molecule has 1 fully saturated rings. The van der Waals surface area contributed by atoms with E-state index in [4.69, 9.17) is 26.4 Å². The Morgan fingerprint density at radius 3 is 2.55 bits per heavy atom. The predicted octanol–water partition coefficient (Wildman–Crippen LogP) is 3.31. The van der Waals surface area contributed by atoms with E-state index in [2.05, 4.69) is 5.32 Å². The molecule has 4 rings (SSSR count). The van der Waals surface area contributed by atoms with Crippen LogP contribution in [-0.2, 0) is 9.53 Å². The first kappa shape index (κ1) is 23.2. The molecule has 33 heavy (non-hydrogen) atoms. The number of carbonyl (C=O) groups is 1. The van der Waals surface area contributed by atoms with Crippen molar-refractivity contribution in [1.82, 2.24) is 5.32 Å². The largest absolute Gasteiger partial charge is 0.486 e. The number of ether oxygens (including phenoxy) is 3. The van der Waals surface area contributed by atoms with Crippen molar-refractivity contribution in [3.05, 3.63) is 53.6 Å². The predicted molar refractivity (Wildman–Crippen MR) is 120 cm³/mol. The van der Waals surface area contributed by atoms with Crippen molar-refractivity contribution in [3.8, 4) is 11.5 Å². The fourth-order valence-corrected chi connectivity index (χ4v) is 4.77. The highest BCUT2D eigenvalue weighted by atomic mass is 32.1. The molecule has 3 atom stereocenters. The monoisotopic (exact) mass is 478 g/mol. The molecule has 2 aromatic rings. The molecule has 0 radical (unpaired) electrons. The molecule has 0 aliphatic carbocycles. The van der Waals surface area contributed by atoms with E-state index in [0.717, 1.165) is 12.1 Å². The zero-order valence-electron chi connectivity index (χ0n) is 18.3. The quantitative estimate of drug-likeness (QED) is 0.512. The van der Waals surface area contributed by atoms with Gasteiger partial charge in [0, 0.05) is 23.6 Å². The van der Waals surface area contributed by atoms with Crippen LogP contribution in [0.15, 0.2) is 36.4 Å². The van der Waals surface area contributed by atoms with Crippen molar-refractivity contribution >= 4 is 29.0 Å². The van der Waals surface area contributed by atoms with Crippen LogP contribution in [0.5, 0.6) is 11.5 Å². The molecule has 0 amide bonds. The minimum atomic E-state index is -1.93. The highest BCUT2D eigenvalue weighted by molar-refractivity contribution is 7.80. The van der Waals surface area contributed by atoms with Gasteiger partial charge in [-0.05, 0) is 30.4 Å². The van der Waals surface area contributed by atoms with Gasteiger partial charge in [-0.3, -0.25) is 9.69 Å². The Hall–Kier alpha value is -2.98. The van der Waals surface area contributed by atoms with E-state index >= 15 is 0 Å². The summed E-state index contributed by atoms with van der Waals surface area (Å²) in [7, 11) is 1.18. The Bertz CT molecular complexity index is 1100. The number of hydrogen-bond donors (Lipinski definition) is 2. The standard InChI is InChI=1S/C23H24F2N2O5S/c1-12(2)23(29)19(21(28)30-3)20(15-6-4-13(24)10-16(15)25)26-22(33)27(23)14-5-7-17-18(11-14)32-9-8-31-17/h4-7,10-12,19-20,29H,8-9H2,1-3H3,(H,26,33)/t19-,20-,23+/m0/s1. The van der Waals surface area contributed by atoms with Crippen LogP contribution in [0.4, 0.5) is 14.5 Å². The minimum absolute atomic E-state index is 0.0185. The molecule has 2 aliphatic rings. The molecule has 2 N–H and O–H groups in total. The summed E-state index contributed by atoms with van der Waals surface area (Å²) in [5.41, 5.74) is -1.50. The Morgan fingerprint density at radius 1 is 1.21 bits per heavy atom. The van der Waals surface area contributed by atoms with Crippen LogP contribution < -0.4 is 19.7 Å². The maximum atomic E-state index is 14.8. The Kier molecular flexibility index (Phi) is 6.15. The van der Waals surface area contributed by atoms with E-state index in [1.165, 1.54) is 18.1 Å². The van der Waals surface area contributed by atoms with E-state index in [-0.39, 0.29) is 10.7 Å². The Balaban J connectivity index is 1.87. The molecule has 2 aromatic carbocycles. The van der Waals surface area contributed by atoms with Crippen molar-refractivity contribution < 1.29 is 32.9 Å². The topological polar surface area (TPSA) is 80.3 Å². The SMILES string of the molecule is COC(=O)[C@@H]1[C@H](c2ccc(F)cc2F)NC(=S)N(c2ccc3c(c2)OCCO3)[C@@]1(O)C(C)C. The molecule has 0 saturated carbocycles. The summed E-state index contributed by atoms with van der Waals surface area (Å²) in [5, 5.41) is 15.1. The van der Waals surface area contributed by atoms with Gasteiger partial charge >= 0.3 is 5.97 Å². The second-order valence-electron chi connectivity index (χ2n) is 8.19.